The smallest absolute Gasteiger partial charge is 0.333 e. The van der Waals surface area contributed by atoms with Gasteiger partial charge < -0.3 is 20.1 Å². The quantitative estimate of drug-likeness (QED) is 0.418. The molecule has 6 rings (SSSR count). The van der Waals surface area contributed by atoms with Gasteiger partial charge in [0, 0.05) is 35.2 Å². The van der Waals surface area contributed by atoms with Crippen LogP contribution in [0.4, 0.5) is 11.4 Å². The Morgan fingerprint density at radius 3 is 2.17 bits per heavy atom. The van der Waals surface area contributed by atoms with Gasteiger partial charge in [0.2, 0.25) is 5.88 Å². The molecule has 3 heterocycles. The molecule has 1 aromatic carbocycles. The molecule has 208 valence electrons. The van der Waals surface area contributed by atoms with Gasteiger partial charge in [0.1, 0.15) is 18.0 Å². The number of nitrogens with zero attached hydrogens (tertiary/aromatic N) is 3. The first-order chi connectivity index (χ1) is 19.0. The lowest BCUT2D eigenvalue weighted by Gasteiger charge is -2.31. The van der Waals surface area contributed by atoms with Crippen molar-refractivity contribution in [2.24, 2.45) is 0 Å². The number of rotatable bonds is 8. The fraction of sp³-hybridized carbons (Fsp3) is 0.379. The zero-order chi connectivity index (χ0) is 28.2. The number of aliphatic carboxylic acids is 1. The van der Waals surface area contributed by atoms with Crippen molar-refractivity contribution < 1.29 is 27.9 Å². The Balaban J connectivity index is 1.27. The zero-order valence-corrected chi connectivity index (χ0v) is 23.1. The van der Waals surface area contributed by atoms with E-state index in [9.17, 15) is 23.1 Å². The van der Waals surface area contributed by atoms with Gasteiger partial charge in [-0.05, 0) is 74.6 Å². The second-order valence-corrected chi connectivity index (χ2v) is 12.9. The van der Waals surface area contributed by atoms with Crippen LogP contribution in [-0.4, -0.2) is 54.8 Å². The minimum atomic E-state index is -3.46. The van der Waals surface area contributed by atoms with Crippen molar-refractivity contribution in [1.82, 2.24) is 15.3 Å². The summed E-state index contributed by atoms with van der Waals surface area (Å²) in [5, 5.41) is 12.6. The SMILES string of the molecule is CC(NC(=O)c1ccc2c(n1)OCCN2c1cc(C2CC2)nc(C2CC2)c1)(C(=O)O)c1ccc(S(C)(=O)=O)cc1. The normalized spacial score (nSPS) is 18.3. The van der Waals surface area contributed by atoms with Gasteiger partial charge in [-0.3, -0.25) is 9.78 Å². The van der Waals surface area contributed by atoms with E-state index >= 15 is 0 Å². The molecule has 1 aliphatic heterocycles. The summed E-state index contributed by atoms with van der Waals surface area (Å²) in [7, 11) is -3.46. The number of hydrogen-bond acceptors (Lipinski definition) is 8. The summed E-state index contributed by atoms with van der Waals surface area (Å²) < 4.78 is 29.4. The molecule has 10 nitrogen and oxygen atoms in total. The average molecular weight is 563 g/mol. The monoisotopic (exact) mass is 562 g/mol. The molecule has 1 unspecified atom stereocenters. The number of fused-ring (bicyclic) bond motifs is 1. The number of amides is 1. The van der Waals surface area contributed by atoms with Crippen LogP contribution in [0.5, 0.6) is 5.88 Å². The van der Waals surface area contributed by atoms with Crippen molar-refractivity contribution in [2.75, 3.05) is 24.3 Å². The molecular formula is C29H30N4O6S. The third-order valence-corrected chi connectivity index (χ3v) is 8.85. The minimum Gasteiger partial charge on any atom is -0.479 e. The number of carbonyl (C=O) groups is 2. The number of carboxylic acid groups (broad SMARTS) is 1. The van der Waals surface area contributed by atoms with E-state index in [1.807, 2.05) is 0 Å². The molecule has 2 N–H and O–H groups in total. The molecule has 0 spiro atoms. The van der Waals surface area contributed by atoms with Gasteiger partial charge in [0.25, 0.3) is 5.91 Å². The third-order valence-electron chi connectivity index (χ3n) is 7.72. The number of hydrogen-bond donors (Lipinski definition) is 2. The Kier molecular flexibility index (Phi) is 6.29. The summed E-state index contributed by atoms with van der Waals surface area (Å²) in [6.45, 7) is 2.35. The number of sulfone groups is 1. The number of anilines is 2. The fourth-order valence-corrected chi connectivity index (χ4v) is 5.59. The first-order valence-electron chi connectivity index (χ1n) is 13.3. The standard InChI is InChI=1S/C29H30N4O6S/c1-29(28(35)36,19-7-9-21(10-8-19)40(2,37)38)32-26(34)22-11-12-25-27(31-22)39-14-13-33(25)20-15-23(17-3-4-17)30-24(16-20)18-5-6-18/h7-12,15-18H,3-6,13-14H2,1-2H3,(H,32,34)(H,35,36). The Morgan fingerprint density at radius 1 is 1.00 bits per heavy atom. The summed E-state index contributed by atoms with van der Waals surface area (Å²) in [6, 6.07) is 13.0. The molecule has 2 fully saturated rings. The van der Waals surface area contributed by atoms with Gasteiger partial charge in [-0.2, -0.15) is 0 Å². The second kappa shape index (κ2) is 9.58. The average Bonchev–Trinajstić information content (AvgIpc) is 3.84. The van der Waals surface area contributed by atoms with Crippen LogP contribution >= 0.6 is 0 Å². The van der Waals surface area contributed by atoms with Gasteiger partial charge >= 0.3 is 5.97 Å². The molecule has 1 atom stereocenters. The largest absolute Gasteiger partial charge is 0.479 e. The van der Waals surface area contributed by atoms with E-state index in [-0.39, 0.29) is 16.2 Å². The molecule has 3 aromatic rings. The Bertz CT molecular complexity index is 1590. The van der Waals surface area contributed by atoms with Crippen molar-refractivity contribution in [3.05, 3.63) is 71.2 Å². The summed E-state index contributed by atoms with van der Waals surface area (Å²) in [5.41, 5.74) is 2.44. The Hall–Kier alpha value is -3.99. The van der Waals surface area contributed by atoms with Gasteiger partial charge in [-0.1, -0.05) is 12.1 Å². The molecule has 0 radical (unpaired) electrons. The number of pyridine rings is 2. The van der Waals surface area contributed by atoms with Crippen LogP contribution in [0.15, 0.2) is 53.4 Å². The van der Waals surface area contributed by atoms with Crippen LogP contribution in [0.25, 0.3) is 0 Å². The molecular weight excluding hydrogens is 532 g/mol. The molecule has 0 bridgehead atoms. The maximum Gasteiger partial charge on any atom is 0.333 e. The van der Waals surface area contributed by atoms with E-state index in [4.69, 9.17) is 9.72 Å². The van der Waals surface area contributed by atoms with Crippen molar-refractivity contribution in [3.63, 3.8) is 0 Å². The molecule has 2 saturated carbocycles. The van der Waals surface area contributed by atoms with E-state index in [2.05, 4.69) is 27.3 Å². The van der Waals surface area contributed by atoms with Crippen LogP contribution < -0.4 is 15.0 Å². The topological polar surface area (TPSA) is 139 Å². The van der Waals surface area contributed by atoms with Crippen molar-refractivity contribution in [1.29, 1.82) is 0 Å². The minimum absolute atomic E-state index is 0.00731. The maximum absolute atomic E-state index is 13.2. The highest BCUT2D eigenvalue weighted by molar-refractivity contribution is 7.90. The summed E-state index contributed by atoms with van der Waals surface area (Å²) in [6.07, 6.45) is 5.72. The molecule has 11 heteroatoms. The zero-order valence-electron chi connectivity index (χ0n) is 22.3. The molecule has 40 heavy (non-hydrogen) atoms. The third kappa shape index (κ3) is 5.01. The second-order valence-electron chi connectivity index (χ2n) is 10.9. The number of benzene rings is 1. The first kappa shape index (κ1) is 26.2. The molecule has 2 aromatic heterocycles. The summed E-state index contributed by atoms with van der Waals surface area (Å²) in [4.78, 5) is 37.1. The molecule has 3 aliphatic rings. The fourth-order valence-electron chi connectivity index (χ4n) is 4.96. The van der Waals surface area contributed by atoms with Crippen LogP contribution in [-0.2, 0) is 20.2 Å². The van der Waals surface area contributed by atoms with Crippen molar-refractivity contribution >= 4 is 33.1 Å². The van der Waals surface area contributed by atoms with Crippen LogP contribution in [0.3, 0.4) is 0 Å². The van der Waals surface area contributed by atoms with E-state index in [1.54, 1.807) is 12.1 Å². The van der Waals surface area contributed by atoms with Gasteiger partial charge in [0.15, 0.2) is 15.4 Å². The molecule has 2 aliphatic carbocycles. The summed E-state index contributed by atoms with van der Waals surface area (Å²) >= 11 is 0. The highest BCUT2D eigenvalue weighted by Gasteiger charge is 2.38. The van der Waals surface area contributed by atoms with Gasteiger partial charge in [0.05, 0.1) is 11.4 Å². The van der Waals surface area contributed by atoms with Crippen molar-refractivity contribution in [3.8, 4) is 5.88 Å². The lowest BCUT2D eigenvalue weighted by atomic mass is 9.92. The van der Waals surface area contributed by atoms with Gasteiger partial charge in [-0.25, -0.2) is 18.2 Å². The Morgan fingerprint density at radius 2 is 1.62 bits per heavy atom. The van der Waals surface area contributed by atoms with E-state index in [0.717, 1.165) is 54.7 Å². The van der Waals surface area contributed by atoms with Crippen LogP contribution in [0.1, 0.15) is 71.9 Å². The van der Waals surface area contributed by atoms with Gasteiger partial charge in [-0.15, -0.1) is 0 Å². The highest BCUT2D eigenvalue weighted by atomic mass is 32.2. The molecule has 1 amide bonds. The lowest BCUT2D eigenvalue weighted by Crippen LogP contribution is -2.49. The predicted molar refractivity (Wildman–Crippen MR) is 147 cm³/mol. The van der Waals surface area contributed by atoms with Crippen molar-refractivity contribution in [2.45, 2.75) is 54.9 Å². The number of aromatic nitrogens is 2. The lowest BCUT2D eigenvalue weighted by molar-refractivity contribution is -0.144. The number of carbonyl (C=O) groups excluding carboxylic acids is 1. The summed E-state index contributed by atoms with van der Waals surface area (Å²) in [5.74, 6) is -0.659. The first-order valence-corrected chi connectivity index (χ1v) is 15.2. The highest BCUT2D eigenvalue weighted by Crippen LogP contribution is 2.46. The number of ether oxygens (including phenoxy) is 1. The Labute approximate surface area is 232 Å². The van der Waals surface area contributed by atoms with E-state index < -0.39 is 27.3 Å². The maximum atomic E-state index is 13.2. The van der Waals surface area contributed by atoms with E-state index in [0.29, 0.717) is 30.9 Å². The number of nitrogens with one attached hydrogen (secondary N) is 1. The molecule has 0 saturated heterocycles. The van der Waals surface area contributed by atoms with E-state index in [1.165, 1.54) is 31.2 Å². The van der Waals surface area contributed by atoms with Crippen LogP contribution in [0.2, 0.25) is 0 Å². The van der Waals surface area contributed by atoms with Crippen LogP contribution in [0, 0.1) is 0 Å². The predicted octanol–water partition coefficient (Wildman–Crippen LogP) is 3.90. The number of carboxylic acids is 1.